The molecule has 1 aliphatic heterocycles. The smallest absolute Gasteiger partial charge is 0.225 e. The van der Waals surface area contributed by atoms with Crippen molar-refractivity contribution in [3.63, 3.8) is 0 Å². The molecule has 4 rings (SSSR count). The average molecular weight is 320 g/mol. The zero-order valence-electron chi connectivity index (χ0n) is 14.0. The molecule has 0 amide bonds. The van der Waals surface area contributed by atoms with E-state index in [2.05, 4.69) is 47.9 Å². The molecule has 1 saturated heterocycles. The fourth-order valence-corrected chi connectivity index (χ4v) is 3.18. The highest BCUT2D eigenvalue weighted by Crippen LogP contribution is 2.22. The first-order valence-corrected chi connectivity index (χ1v) is 8.21. The topological polar surface area (TPSA) is 58.0 Å². The van der Waals surface area contributed by atoms with Gasteiger partial charge in [0.05, 0.1) is 5.52 Å². The number of anilines is 2. The van der Waals surface area contributed by atoms with Gasteiger partial charge < -0.3 is 9.80 Å². The number of hydrogen-bond acceptors (Lipinski definition) is 6. The molecular formula is C18H20N6. The molecule has 6 nitrogen and oxygen atoms in total. The van der Waals surface area contributed by atoms with Crippen molar-refractivity contribution in [2.45, 2.75) is 13.8 Å². The molecule has 0 radical (unpaired) electrons. The Bertz CT molecular complexity index is 850. The summed E-state index contributed by atoms with van der Waals surface area (Å²) < 4.78 is 0. The van der Waals surface area contributed by atoms with Crippen LogP contribution in [-0.4, -0.2) is 46.1 Å². The van der Waals surface area contributed by atoms with Crippen LogP contribution in [0.25, 0.3) is 10.9 Å². The Hall–Kier alpha value is -2.76. The Balaban J connectivity index is 1.50. The summed E-state index contributed by atoms with van der Waals surface area (Å²) >= 11 is 0. The van der Waals surface area contributed by atoms with E-state index in [9.17, 15) is 0 Å². The highest BCUT2D eigenvalue weighted by Gasteiger charge is 2.19. The maximum atomic E-state index is 4.58. The number of aromatic nitrogens is 4. The van der Waals surface area contributed by atoms with Crippen LogP contribution >= 0.6 is 0 Å². The quantitative estimate of drug-likeness (QED) is 0.722. The van der Waals surface area contributed by atoms with Crippen LogP contribution in [0.15, 0.2) is 36.8 Å². The fourth-order valence-electron chi connectivity index (χ4n) is 3.18. The Labute approximate surface area is 141 Å². The van der Waals surface area contributed by atoms with Crippen molar-refractivity contribution >= 4 is 22.5 Å². The highest BCUT2D eigenvalue weighted by atomic mass is 15.3. The van der Waals surface area contributed by atoms with E-state index in [1.54, 1.807) is 6.33 Å². The van der Waals surface area contributed by atoms with E-state index in [4.69, 9.17) is 0 Å². The van der Waals surface area contributed by atoms with Crippen LogP contribution in [0, 0.1) is 13.8 Å². The van der Waals surface area contributed by atoms with Gasteiger partial charge in [-0.05, 0) is 38.1 Å². The molecule has 0 saturated carbocycles. The highest BCUT2D eigenvalue weighted by molar-refractivity contribution is 5.81. The number of fused-ring (bicyclic) bond motifs is 1. The molecule has 0 bridgehead atoms. The predicted octanol–water partition coefficient (Wildman–Crippen LogP) is 2.36. The van der Waals surface area contributed by atoms with E-state index < -0.39 is 0 Å². The summed E-state index contributed by atoms with van der Waals surface area (Å²) in [4.78, 5) is 22.2. The Morgan fingerprint density at radius 2 is 1.58 bits per heavy atom. The molecule has 0 N–H and O–H groups in total. The number of piperazine rings is 1. The number of hydrogen-bond donors (Lipinski definition) is 0. The van der Waals surface area contributed by atoms with E-state index in [0.717, 1.165) is 54.4 Å². The first kappa shape index (κ1) is 14.8. The van der Waals surface area contributed by atoms with Crippen LogP contribution in [0.1, 0.15) is 11.4 Å². The molecule has 1 aliphatic rings. The van der Waals surface area contributed by atoms with Gasteiger partial charge in [-0.15, -0.1) is 0 Å². The molecule has 0 spiro atoms. The normalized spacial score (nSPS) is 15.1. The number of aryl methyl sites for hydroxylation is 2. The first-order chi connectivity index (χ1) is 11.7. The van der Waals surface area contributed by atoms with Crippen molar-refractivity contribution in [2.24, 2.45) is 0 Å². The third-order valence-corrected chi connectivity index (χ3v) is 4.39. The van der Waals surface area contributed by atoms with Crippen molar-refractivity contribution in [1.29, 1.82) is 0 Å². The van der Waals surface area contributed by atoms with Gasteiger partial charge in [0.15, 0.2) is 0 Å². The second-order valence-electron chi connectivity index (χ2n) is 6.19. The number of benzene rings is 1. The lowest BCUT2D eigenvalue weighted by Gasteiger charge is -2.36. The van der Waals surface area contributed by atoms with E-state index in [1.165, 1.54) is 5.69 Å². The Kier molecular flexibility index (Phi) is 3.72. The van der Waals surface area contributed by atoms with Crippen molar-refractivity contribution in [3.8, 4) is 0 Å². The average Bonchev–Trinajstić information content (AvgIpc) is 2.61. The maximum Gasteiger partial charge on any atom is 0.225 e. The number of nitrogens with zero attached hydrogens (tertiary/aromatic N) is 6. The SMILES string of the molecule is Cc1cc(C)nc(N2CCN(c3ccc4ncncc4c3)CC2)n1. The van der Waals surface area contributed by atoms with Crippen LogP contribution in [0.4, 0.5) is 11.6 Å². The monoisotopic (exact) mass is 320 g/mol. The van der Waals surface area contributed by atoms with Gasteiger partial charge in [-0.3, -0.25) is 0 Å². The summed E-state index contributed by atoms with van der Waals surface area (Å²) in [5.41, 5.74) is 4.25. The van der Waals surface area contributed by atoms with Crippen LogP contribution < -0.4 is 9.80 Å². The second-order valence-corrected chi connectivity index (χ2v) is 6.19. The number of rotatable bonds is 2. The minimum Gasteiger partial charge on any atom is -0.368 e. The molecular weight excluding hydrogens is 300 g/mol. The molecule has 2 aromatic heterocycles. The van der Waals surface area contributed by atoms with Crippen molar-refractivity contribution in [2.75, 3.05) is 36.0 Å². The van der Waals surface area contributed by atoms with Crippen LogP contribution in [-0.2, 0) is 0 Å². The van der Waals surface area contributed by atoms with Gasteiger partial charge in [0, 0.05) is 54.8 Å². The van der Waals surface area contributed by atoms with Gasteiger partial charge in [-0.25, -0.2) is 19.9 Å². The molecule has 0 unspecified atom stereocenters. The molecule has 3 aromatic rings. The van der Waals surface area contributed by atoms with E-state index >= 15 is 0 Å². The summed E-state index contributed by atoms with van der Waals surface area (Å²) in [5, 5.41) is 1.08. The third-order valence-electron chi connectivity index (χ3n) is 4.39. The summed E-state index contributed by atoms with van der Waals surface area (Å²) in [5.74, 6) is 0.846. The summed E-state index contributed by atoms with van der Waals surface area (Å²) in [7, 11) is 0. The van der Waals surface area contributed by atoms with E-state index in [0.29, 0.717) is 0 Å². The fraction of sp³-hybridized carbons (Fsp3) is 0.333. The molecule has 6 heteroatoms. The zero-order valence-corrected chi connectivity index (χ0v) is 14.0. The largest absolute Gasteiger partial charge is 0.368 e. The van der Waals surface area contributed by atoms with Crippen molar-refractivity contribution in [1.82, 2.24) is 19.9 Å². The minimum absolute atomic E-state index is 0.846. The maximum absolute atomic E-state index is 4.58. The van der Waals surface area contributed by atoms with E-state index in [-0.39, 0.29) is 0 Å². The summed E-state index contributed by atoms with van der Waals surface area (Å²) in [6, 6.07) is 8.37. The van der Waals surface area contributed by atoms with Gasteiger partial charge in [0.1, 0.15) is 6.33 Å². The third kappa shape index (κ3) is 2.87. The molecule has 0 atom stereocenters. The van der Waals surface area contributed by atoms with Crippen LogP contribution in [0.5, 0.6) is 0 Å². The van der Waals surface area contributed by atoms with Crippen molar-refractivity contribution in [3.05, 3.63) is 48.2 Å². The summed E-state index contributed by atoms with van der Waals surface area (Å²) in [6.45, 7) is 7.79. The van der Waals surface area contributed by atoms with Crippen LogP contribution in [0.2, 0.25) is 0 Å². The lowest BCUT2D eigenvalue weighted by Crippen LogP contribution is -2.47. The van der Waals surface area contributed by atoms with Gasteiger partial charge in [-0.1, -0.05) is 0 Å². The molecule has 122 valence electrons. The zero-order chi connectivity index (χ0) is 16.5. The predicted molar refractivity (Wildman–Crippen MR) is 95.5 cm³/mol. The molecule has 0 aliphatic carbocycles. The van der Waals surface area contributed by atoms with Gasteiger partial charge in [-0.2, -0.15) is 0 Å². The van der Waals surface area contributed by atoms with Gasteiger partial charge in [0.2, 0.25) is 5.95 Å². The lowest BCUT2D eigenvalue weighted by molar-refractivity contribution is 0.638. The molecule has 1 fully saturated rings. The van der Waals surface area contributed by atoms with Crippen molar-refractivity contribution < 1.29 is 0 Å². The Morgan fingerprint density at radius 1 is 0.875 bits per heavy atom. The Morgan fingerprint density at radius 3 is 2.33 bits per heavy atom. The molecule has 3 heterocycles. The summed E-state index contributed by atoms with van der Waals surface area (Å²) in [6.07, 6.45) is 3.45. The van der Waals surface area contributed by atoms with Crippen LogP contribution in [0.3, 0.4) is 0 Å². The second kappa shape index (κ2) is 6.03. The lowest BCUT2D eigenvalue weighted by atomic mass is 10.2. The minimum atomic E-state index is 0.846. The standard InChI is InChI=1S/C18H20N6/c1-13-9-14(2)22-18(21-13)24-7-5-23(6-8-24)16-3-4-17-15(10-16)11-19-12-20-17/h3-4,9-12H,5-8H2,1-2H3. The first-order valence-electron chi connectivity index (χ1n) is 8.21. The van der Waals surface area contributed by atoms with Gasteiger partial charge >= 0.3 is 0 Å². The van der Waals surface area contributed by atoms with E-state index in [1.807, 2.05) is 26.1 Å². The molecule has 24 heavy (non-hydrogen) atoms. The molecule has 1 aromatic carbocycles. The van der Waals surface area contributed by atoms with Gasteiger partial charge in [0.25, 0.3) is 0 Å².